The third kappa shape index (κ3) is 6.14. The number of Topliss-reactive ketones (excluding diaryl/α,β-unsaturated/α-hetero) is 1. The van der Waals surface area contributed by atoms with Crippen LogP contribution in [0.4, 0.5) is 0 Å². The highest BCUT2D eigenvalue weighted by Crippen LogP contribution is 2.27. The quantitative estimate of drug-likeness (QED) is 0.139. The minimum atomic E-state index is -0.502. The summed E-state index contributed by atoms with van der Waals surface area (Å²) in [6, 6.07) is 26.3. The summed E-state index contributed by atoms with van der Waals surface area (Å²) in [7, 11) is 0. The first-order valence-corrected chi connectivity index (χ1v) is 10.9. The minimum absolute atomic E-state index is 0.0944. The van der Waals surface area contributed by atoms with E-state index in [1.807, 2.05) is 48.5 Å². The number of hydrogen-bond donors (Lipinski definition) is 0. The monoisotopic (exact) mass is 467 g/mol. The summed E-state index contributed by atoms with van der Waals surface area (Å²) >= 11 is 4.80. The first kappa shape index (κ1) is 21.0. The molecule has 0 aromatic heterocycles. The molecule has 0 N–H and O–H groups in total. The van der Waals surface area contributed by atoms with E-state index in [0.29, 0.717) is 16.5 Å². The summed E-state index contributed by atoms with van der Waals surface area (Å²) in [5.41, 5.74) is 1.16. The molecule has 146 valence electrons. The average Bonchev–Trinajstić information content (AvgIpc) is 2.76. The van der Waals surface area contributed by atoms with Gasteiger partial charge < -0.3 is 4.84 Å². The van der Waals surface area contributed by atoms with Crippen molar-refractivity contribution in [3.05, 3.63) is 96.1 Å². The van der Waals surface area contributed by atoms with Crippen LogP contribution in [0.3, 0.4) is 0 Å². The summed E-state index contributed by atoms with van der Waals surface area (Å²) in [6.07, 6.45) is 0.172. The number of nitrogens with zero attached hydrogens (tertiary/aromatic N) is 1. The molecule has 0 spiro atoms. The fraction of sp³-hybridized carbons (Fsp3) is 0.0870. The standard InChI is InChI=1S/C23H18BrNO3S/c24-16-15-21(26)28-25-22(17-7-3-1-4-8-17)23(27)18-11-13-20(14-12-18)29-19-9-5-2-6-10-19/h1-14H,15-16H2/b25-22+. The van der Waals surface area contributed by atoms with Crippen molar-refractivity contribution < 1.29 is 14.4 Å². The maximum Gasteiger partial charge on any atom is 0.335 e. The van der Waals surface area contributed by atoms with E-state index in [0.717, 1.165) is 9.79 Å². The summed E-state index contributed by atoms with van der Waals surface area (Å²) in [5, 5.41) is 4.34. The number of ketones is 1. The van der Waals surface area contributed by atoms with Gasteiger partial charge in [-0.3, -0.25) is 4.79 Å². The SMILES string of the molecule is O=C(CCBr)O/N=C(/C(=O)c1ccc(Sc2ccccc2)cc1)c1ccccc1. The topological polar surface area (TPSA) is 55.7 Å². The van der Waals surface area contributed by atoms with E-state index < -0.39 is 5.97 Å². The molecule has 0 amide bonds. The molecule has 0 aliphatic rings. The second kappa shape index (κ2) is 10.7. The van der Waals surface area contributed by atoms with Gasteiger partial charge in [-0.25, -0.2) is 4.79 Å². The highest BCUT2D eigenvalue weighted by atomic mass is 79.9. The summed E-state index contributed by atoms with van der Waals surface area (Å²) < 4.78 is 0. The van der Waals surface area contributed by atoms with Gasteiger partial charge in [-0.1, -0.05) is 81.4 Å². The zero-order valence-electron chi connectivity index (χ0n) is 15.5. The Kier molecular flexibility index (Phi) is 7.78. The number of alkyl halides is 1. The molecule has 0 unspecified atom stereocenters. The average molecular weight is 468 g/mol. The van der Waals surface area contributed by atoms with Crippen LogP contribution in [-0.4, -0.2) is 22.8 Å². The van der Waals surface area contributed by atoms with Crippen LogP contribution in [0.15, 0.2) is 99.9 Å². The van der Waals surface area contributed by atoms with E-state index in [-0.39, 0.29) is 17.9 Å². The fourth-order valence-corrected chi connectivity index (χ4v) is 3.64. The lowest BCUT2D eigenvalue weighted by molar-refractivity contribution is -0.143. The third-order valence-corrected chi connectivity index (χ3v) is 5.31. The lowest BCUT2D eigenvalue weighted by Crippen LogP contribution is -2.17. The molecule has 0 heterocycles. The Balaban J connectivity index is 1.81. The van der Waals surface area contributed by atoms with Crippen molar-refractivity contribution in [3.8, 4) is 0 Å². The molecule has 3 aromatic rings. The highest BCUT2D eigenvalue weighted by molar-refractivity contribution is 9.09. The molecule has 29 heavy (non-hydrogen) atoms. The molecule has 0 radical (unpaired) electrons. The molecule has 0 saturated heterocycles. The minimum Gasteiger partial charge on any atom is -0.318 e. The number of oxime groups is 1. The van der Waals surface area contributed by atoms with Gasteiger partial charge in [0.25, 0.3) is 0 Å². The Labute approximate surface area is 182 Å². The Morgan fingerprint density at radius 2 is 1.38 bits per heavy atom. The highest BCUT2D eigenvalue weighted by Gasteiger charge is 2.18. The second-order valence-corrected chi connectivity index (χ2v) is 7.92. The van der Waals surface area contributed by atoms with Crippen LogP contribution < -0.4 is 0 Å². The molecule has 3 aromatic carbocycles. The Bertz CT molecular complexity index is 990. The van der Waals surface area contributed by atoms with Crippen molar-refractivity contribution >= 4 is 45.2 Å². The number of hydrogen-bond acceptors (Lipinski definition) is 5. The van der Waals surface area contributed by atoms with E-state index in [9.17, 15) is 9.59 Å². The molecule has 0 aliphatic carbocycles. The van der Waals surface area contributed by atoms with Crippen LogP contribution in [0.2, 0.25) is 0 Å². The van der Waals surface area contributed by atoms with E-state index in [4.69, 9.17) is 4.84 Å². The molecular weight excluding hydrogens is 450 g/mol. The van der Waals surface area contributed by atoms with Gasteiger partial charge in [0.1, 0.15) is 0 Å². The van der Waals surface area contributed by atoms with Crippen LogP contribution in [0.25, 0.3) is 0 Å². The Hall–Kier alpha value is -2.70. The van der Waals surface area contributed by atoms with Crippen LogP contribution in [0, 0.1) is 0 Å². The molecular formula is C23H18BrNO3S. The van der Waals surface area contributed by atoms with Crippen molar-refractivity contribution in [1.29, 1.82) is 0 Å². The lowest BCUT2D eigenvalue weighted by Gasteiger charge is -2.07. The van der Waals surface area contributed by atoms with Gasteiger partial charge in [0.15, 0.2) is 5.71 Å². The van der Waals surface area contributed by atoms with E-state index in [2.05, 4.69) is 21.1 Å². The predicted molar refractivity (Wildman–Crippen MR) is 119 cm³/mol. The van der Waals surface area contributed by atoms with Crippen molar-refractivity contribution in [2.24, 2.45) is 5.16 Å². The van der Waals surface area contributed by atoms with Gasteiger partial charge in [0, 0.05) is 26.2 Å². The number of carbonyl (C=O) groups excluding carboxylic acids is 2. The van der Waals surface area contributed by atoms with E-state index in [1.165, 1.54) is 0 Å². The zero-order valence-corrected chi connectivity index (χ0v) is 17.9. The van der Waals surface area contributed by atoms with Crippen LogP contribution in [0.1, 0.15) is 22.3 Å². The molecule has 6 heteroatoms. The van der Waals surface area contributed by atoms with Gasteiger partial charge in [0.05, 0.1) is 6.42 Å². The Morgan fingerprint density at radius 3 is 2.00 bits per heavy atom. The summed E-state index contributed by atoms with van der Waals surface area (Å²) in [5.74, 6) is -0.809. The molecule has 4 nitrogen and oxygen atoms in total. The van der Waals surface area contributed by atoms with Gasteiger partial charge >= 0.3 is 5.97 Å². The number of halogens is 1. The maximum atomic E-state index is 13.0. The summed E-state index contributed by atoms with van der Waals surface area (Å²) in [4.78, 5) is 31.8. The molecule has 0 bridgehead atoms. The normalized spacial score (nSPS) is 11.1. The third-order valence-electron chi connectivity index (χ3n) is 3.90. The van der Waals surface area contributed by atoms with Crippen molar-refractivity contribution in [2.45, 2.75) is 16.2 Å². The first-order valence-electron chi connectivity index (χ1n) is 8.94. The molecule has 0 aliphatic heterocycles. The van der Waals surface area contributed by atoms with E-state index in [1.54, 1.807) is 48.2 Å². The van der Waals surface area contributed by atoms with Crippen molar-refractivity contribution in [2.75, 3.05) is 5.33 Å². The Morgan fingerprint density at radius 1 is 0.793 bits per heavy atom. The maximum absolute atomic E-state index is 13.0. The number of rotatable bonds is 8. The fourth-order valence-electron chi connectivity index (χ4n) is 2.48. The van der Waals surface area contributed by atoms with Crippen molar-refractivity contribution in [1.82, 2.24) is 0 Å². The smallest absolute Gasteiger partial charge is 0.318 e. The van der Waals surface area contributed by atoms with Crippen LogP contribution in [-0.2, 0) is 9.63 Å². The molecule has 0 atom stereocenters. The van der Waals surface area contributed by atoms with E-state index >= 15 is 0 Å². The first-order chi connectivity index (χ1) is 14.2. The molecule has 0 saturated carbocycles. The number of carbonyl (C=O) groups is 2. The van der Waals surface area contributed by atoms with Gasteiger partial charge in [-0.05, 0) is 36.4 Å². The van der Waals surface area contributed by atoms with Gasteiger partial charge in [0.2, 0.25) is 5.78 Å². The van der Waals surface area contributed by atoms with Gasteiger partial charge in [-0.2, -0.15) is 0 Å². The predicted octanol–water partition coefficient (Wildman–Crippen LogP) is 5.75. The summed E-state index contributed by atoms with van der Waals surface area (Å²) in [6.45, 7) is 0. The van der Waals surface area contributed by atoms with Crippen molar-refractivity contribution in [3.63, 3.8) is 0 Å². The number of benzene rings is 3. The van der Waals surface area contributed by atoms with Gasteiger partial charge in [-0.15, -0.1) is 0 Å². The van der Waals surface area contributed by atoms with Crippen LogP contribution in [0.5, 0.6) is 0 Å². The van der Waals surface area contributed by atoms with Crippen LogP contribution >= 0.6 is 27.7 Å². The molecule has 3 rings (SSSR count). The largest absolute Gasteiger partial charge is 0.335 e. The lowest BCUT2D eigenvalue weighted by atomic mass is 10.0. The zero-order chi connectivity index (χ0) is 20.5. The molecule has 0 fully saturated rings. The second-order valence-electron chi connectivity index (χ2n) is 5.98.